The Labute approximate surface area is 154 Å². The van der Waals surface area contributed by atoms with Gasteiger partial charge < -0.3 is 10.1 Å². The quantitative estimate of drug-likeness (QED) is 0.598. The van der Waals surface area contributed by atoms with Gasteiger partial charge in [-0.25, -0.2) is 4.79 Å². The molecule has 1 amide bonds. The fraction of sp³-hybridized carbons (Fsp3) is 0.273. The van der Waals surface area contributed by atoms with Crippen LogP contribution in [0.15, 0.2) is 60.7 Å². The summed E-state index contributed by atoms with van der Waals surface area (Å²) in [7, 11) is 0. The van der Waals surface area contributed by atoms with Crippen molar-refractivity contribution in [3.8, 4) is 0 Å². The number of rotatable bonds is 6. The highest BCUT2D eigenvalue weighted by Crippen LogP contribution is 2.16. The number of hydrogen-bond acceptors (Lipinski definition) is 3. The Bertz CT molecular complexity index is 773. The van der Waals surface area contributed by atoms with Gasteiger partial charge in [-0.15, -0.1) is 0 Å². The summed E-state index contributed by atoms with van der Waals surface area (Å²) >= 11 is 0. The first-order chi connectivity index (χ1) is 12.4. The van der Waals surface area contributed by atoms with Crippen molar-refractivity contribution in [1.82, 2.24) is 5.32 Å². The summed E-state index contributed by atoms with van der Waals surface area (Å²) in [4.78, 5) is 24.3. The molecule has 2 rings (SSSR count). The van der Waals surface area contributed by atoms with Gasteiger partial charge in [0.25, 0.3) is 0 Å². The number of amides is 1. The summed E-state index contributed by atoms with van der Waals surface area (Å²) in [5, 5.41) is 2.71. The summed E-state index contributed by atoms with van der Waals surface area (Å²) in [6.45, 7) is 5.95. The molecule has 2 aromatic carbocycles. The lowest BCUT2D eigenvalue weighted by molar-refractivity contribution is 0.0528. The van der Waals surface area contributed by atoms with Crippen molar-refractivity contribution in [2.45, 2.75) is 32.8 Å². The molecule has 0 radical (unpaired) electrons. The topological polar surface area (TPSA) is 55.4 Å². The normalized spacial score (nSPS) is 11.3. The molecular weight excluding hydrogens is 326 g/mol. The van der Waals surface area contributed by atoms with Crippen LogP contribution in [0.25, 0.3) is 6.08 Å². The largest absolute Gasteiger partial charge is 0.444 e. The lowest BCUT2D eigenvalue weighted by atomic mass is 9.98. The minimum atomic E-state index is -0.503. The van der Waals surface area contributed by atoms with Crippen molar-refractivity contribution < 1.29 is 14.3 Å². The van der Waals surface area contributed by atoms with Crippen molar-refractivity contribution in [3.63, 3.8) is 0 Å². The fourth-order valence-corrected chi connectivity index (χ4v) is 2.38. The zero-order valence-electron chi connectivity index (χ0n) is 15.5. The Morgan fingerprint density at radius 2 is 1.65 bits per heavy atom. The van der Waals surface area contributed by atoms with Crippen molar-refractivity contribution >= 4 is 18.0 Å². The van der Waals surface area contributed by atoms with Crippen molar-refractivity contribution in [2.24, 2.45) is 0 Å². The van der Waals surface area contributed by atoms with E-state index in [2.05, 4.69) is 5.32 Å². The lowest BCUT2D eigenvalue weighted by Crippen LogP contribution is -2.32. The van der Waals surface area contributed by atoms with Crippen LogP contribution in [-0.4, -0.2) is 24.0 Å². The van der Waals surface area contributed by atoms with Crippen LogP contribution in [0.4, 0.5) is 4.79 Å². The molecule has 136 valence electrons. The van der Waals surface area contributed by atoms with E-state index >= 15 is 0 Å². The molecule has 0 aliphatic heterocycles. The molecule has 0 saturated carbocycles. The van der Waals surface area contributed by atoms with E-state index in [9.17, 15) is 9.59 Å². The Morgan fingerprint density at radius 1 is 1.00 bits per heavy atom. The number of carbonyl (C=O) groups is 2. The first kappa shape index (κ1) is 19.4. The van der Waals surface area contributed by atoms with Crippen molar-refractivity contribution in [1.29, 1.82) is 0 Å². The predicted molar refractivity (Wildman–Crippen MR) is 104 cm³/mol. The molecule has 26 heavy (non-hydrogen) atoms. The number of nitrogens with one attached hydrogen (secondary N) is 1. The minimum Gasteiger partial charge on any atom is -0.444 e. The molecule has 0 atom stereocenters. The van der Waals surface area contributed by atoms with E-state index in [1.165, 1.54) is 0 Å². The third kappa shape index (κ3) is 6.20. The van der Waals surface area contributed by atoms with E-state index < -0.39 is 11.7 Å². The zero-order chi connectivity index (χ0) is 19.0. The molecule has 0 bridgehead atoms. The summed E-state index contributed by atoms with van der Waals surface area (Å²) < 4.78 is 5.18. The first-order valence-corrected chi connectivity index (χ1v) is 8.69. The van der Waals surface area contributed by atoms with Crippen LogP contribution in [0.1, 0.15) is 48.7 Å². The van der Waals surface area contributed by atoms with Gasteiger partial charge in [0.05, 0.1) is 0 Å². The van der Waals surface area contributed by atoms with Crippen LogP contribution >= 0.6 is 0 Å². The molecular formula is C22H25NO3. The summed E-state index contributed by atoms with van der Waals surface area (Å²) in [6, 6.07) is 16.7. The summed E-state index contributed by atoms with van der Waals surface area (Å²) in [6.07, 6.45) is 4.07. The number of carbonyl (C=O) groups excluding carboxylic acids is 2. The molecule has 0 aliphatic carbocycles. The van der Waals surface area contributed by atoms with Crippen LogP contribution in [0.5, 0.6) is 0 Å². The molecule has 4 heteroatoms. The second-order valence-corrected chi connectivity index (χ2v) is 6.90. The third-order valence-electron chi connectivity index (χ3n) is 3.52. The zero-order valence-corrected chi connectivity index (χ0v) is 15.5. The van der Waals surface area contributed by atoms with Gasteiger partial charge in [-0.1, -0.05) is 66.7 Å². The van der Waals surface area contributed by atoms with Gasteiger partial charge in [0.1, 0.15) is 5.60 Å². The number of ether oxygens (including phenoxy) is 1. The third-order valence-corrected chi connectivity index (χ3v) is 3.52. The Balaban J connectivity index is 1.95. The predicted octanol–water partition coefficient (Wildman–Crippen LogP) is 4.85. The van der Waals surface area contributed by atoms with Gasteiger partial charge in [0.2, 0.25) is 0 Å². The van der Waals surface area contributed by atoms with Crippen molar-refractivity contribution in [2.75, 3.05) is 6.54 Å². The van der Waals surface area contributed by atoms with Gasteiger partial charge in [0, 0.05) is 17.7 Å². The van der Waals surface area contributed by atoms with E-state index in [-0.39, 0.29) is 5.78 Å². The van der Waals surface area contributed by atoms with Gasteiger partial charge in [-0.05, 0) is 32.8 Å². The highest BCUT2D eigenvalue weighted by molar-refractivity contribution is 6.11. The van der Waals surface area contributed by atoms with Crippen LogP contribution < -0.4 is 5.32 Å². The standard InChI is InChI=1S/C22H25NO3/c1-22(2,3)26-21(25)23-16-10-9-12-17-11-7-8-15-19(17)20(24)18-13-5-4-6-14-18/h4-9,11-15H,10,16H2,1-3H3,(H,23,25). The molecule has 2 aromatic rings. The number of hydrogen-bond donors (Lipinski definition) is 1. The molecule has 0 saturated heterocycles. The fourth-order valence-electron chi connectivity index (χ4n) is 2.38. The van der Waals surface area contributed by atoms with Crippen LogP contribution in [0, 0.1) is 0 Å². The van der Waals surface area contributed by atoms with Crippen LogP contribution in [0.2, 0.25) is 0 Å². The number of alkyl carbamates (subject to hydrolysis) is 1. The lowest BCUT2D eigenvalue weighted by Gasteiger charge is -2.19. The molecule has 0 aliphatic rings. The molecule has 0 fully saturated rings. The van der Waals surface area contributed by atoms with Gasteiger partial charge in [0.15, 0.2) is 5.78 Å². The van der Waals surface area contributed by atoms with Gasteiger partial charge in [-0.3, -0.25) is 4.79 Å². The maximum atomic E-state index is 12.7. The average molecular weight is 351 g/mol. The summed E-state index contributed by atoms with van der Waals surface area (Å²) in [5.41, 5.74) is 1.69. The van der Waals surface area contributed by atoms with E-state index in [0.717, 1.165) is 5.56 Å². The smallest absolute Gasteiger partial charge is 0.407 e. The minimum absolute atomic E-state index is 0.00210. The second-order valence-electron chi connectivity index (χ2n) is 6.90. The van der Waals surface area contributed by atoms with Gasteiger partial charge in [-0.2, -0.15) is 0 Å². The maximum absolute atomic E-state index is 12.7. The first-order valence-electron chi connectivity index (χ1n) is 8.69. The van der Waals surface area contributed by atoms with E-state index in [4.69, 9.17) is 4.74 Å². The average Bonchev–Trinajstić information content (AvgIpc) is 2.60. The molecule has 0 unspecified atom stereocenters. The molecule has 0 spiro atoms. The van der Waals surface area contributed by atoms with Crippen LogP contribution in [-0.2, 0) is 4.74 Å². The Kier molecular flexibility index (Phi) is 6.73. The number of ketones is 1. The monoisotopic (exact) mass is 351 g/mol. The Morgan fingerprint density at radius 3 is 2.35 bits per heavy atom. The van der Waals surface area contributed by atoms with Crippen molar-refractivity contribution in [3.05, 3.63) is 77.4 Å². The second kappa shape index (κ2) is 8.99. The number of benzene rings is 2. The molecule has 1 N–H and O–H groups in total. The van der Waals surface area contributed by atoms with E-state index in [1.54, 1.807) is 0 Å². The maximum Gasteiger partial charge on any atom is 0.407 e. The molecule has 4 nitrogen and oxygen atoms in total. The highest BCUT2D eigenvalue weighted by atomic mass is 16.6. The van der Waals surface area contributed by atoms with E-state index in [1.807, 2.05) is 87.5 Å². The summed E-state index contributed by atoms with van der Waals surface area (Å²) in [5.74, 6) is -0.00210. The Hall–Kier alpha value is -2.88. The van der Waals surface area contributed by atoms with Gasteiger partial charge >= 0.3 is 6.09 Å². The highest BCUT2D eigenvalue weighted by Gasteiger charge is 2.15. The molecule has 0 aromatic heterocycles. The van der Waals surface area contributed by atoms with E-state index in [0.29, 0.717) is 24.1 Å². The molecule has 0 heterocycles. The SMILES string of the molecule is CC(C)(C)OC(=O)NCCC=Cc1ccccc1C(=O)c1ccccc1. The van der Waals surface area contributed by atoms with Crippen LogP contribution in [0.3, 0.4) is 0 Å².